The Bertz CT molecular complexity index is 303. The number of hydrogen-bond acceptors (Lipinski definition) is 5. The molecule has 0 aliphatic carbocycles. The molecule has 0 aromatic carbocycles. The minimum atomic E-state index is -0.623. The molecule has 1 aliphatic heterocycles. The van der Waals surface area contributed by atoms with E-state index in [0.29, 0.717) is 6.04 Å². The van der Waals surface area contributed by atoms with Crippen LogP contribution in [0.25, 0.3) is 0 Å². The molecule has 0 radical (unpaired) electrons. The Morgan fingerprint density at radius 3 is 2.55 bits per heavy atom. The van der Waals surface area contributed by atoms with E-state index < -0.39 is 5.54 Å². The van der Waals surface area contributed by atoms with E-state index in [9.17, 15) is 4.79 Å². The predicted octanol–water partition coefficient (Wildman–Crippen LogP) is 1.42. The lowest BCUT2D eigenvalue weighted by molar-refractivity contribution is -0.148. The van der Waals surface area contributed by atoms with Gasteiger partial charge in [0.15, 0.2) is 0 Å². The van der Waals surface area contributed by atoms with E-state index in [4.69, 9.17) is 9.47 Å². The zero-order chi connectivity index (χ0) is 15.2. The Hall–Kier alpha value is -0.650. The molecule has 5 nitrogen and oxygen atoms in total. The molecule has 1 fully saturated rings. The lowest BCUT2D eigenvalue weighted by Crippen LogP contribution is -2.54. The molecule has 0 spiro atoms. The van der Waals surface area contributed by atoms with Gasteiger partial charge in [-0.1, -0.05) is 0 Å². The maximum absolute atomic E-state index is 12.0. The van der Waals surface area contributed by atoms with Crippen molar-refractivity contribution in [1.29, 1.82) is 0 Å². The molecule has 0 bridgehead atoms. The van der Waals surface area contributed by atoms with Crippen molar-refractivity contribution < 1.29 is 14.3 Å². The molecule has 1 heterocycles. The van der Waals surface area contributed by atoms with E-state index in [1.54, 1.807) is 0 Å². The SMILES string of the molecule is COC(=O)C(C)(CCN(C)C1CCOCC1)NC(C)C. The summed E-state index contributed by atoms with van der Waals surface area (Å²) in [6.45, 7) is 8.57. The van der Waals surface area contributed by atoms with Gasteiger partial charge < -0.3 is 14.4 Å². The highest BCUT2D eigenvalue weighted by atomic mass is 16.5. The van der Waals surface area contributed by atoms with Crippen LogP contribution in [0.5, 0.6) is 0 Å². The lowest BCUT2D eigenvalue weighted by Gasteiger charge is -2.35. The van der Waals surface area contributed by atoms with Crippen LogP contribution in [0, 0.1) is 0 Å². The molecular formula is C15H30N2O3. The van der Waals surface area contributed by atoms with Crippen molar-refractivity contribution in [3.8, 4) is 0 Å². The summed E-state index contributed by atoms with van der Waals surface area (Å²) in [5, 5.41) is 3.34. The Balaban J connectivity index is 2.54. The summed E-state index contributed by atoms with van der Waals surface area (Å²) in [6, 6.07) is 0.803. The van der Waals surface area contributed by atoms with E-state index >= 15 is 0 Å². The number of carbonyl (C=O) groups excluding carboxylic acids is 1. The fourth-order valence-corrected chi connectivity index (χ4v) is 2.80. The van der Waals surface area contributed by atoms with Crippen molar-refractivity contribution in [2.24, 2.45) is 0 Å². The van der Waals surface area contributed by atoms with Gasteiger partial charge in [-0.3, -0.25) is 10.1 Å². The van der Waals surface area contributed by atoms with Crippen LogP contribution < -0.4 is 5.32 Å². The first-order valence-electron chi connectivity index (χ1n) is 7.53. The van der Waals surface area contributed by atoms with E-state index in [0.717, 1.165) is 39.0 Å². The zero-order valence-electron chi connectivity index (χ0n) is 13.6. The van der Waals surface area contributed by atoms with Crippen LogP contribution in [-0.2, 0) is 14.3 Å². The van der Waals surface area contributed by atoms with Gasteiger partial charge in [0, 0.05) is 31.8 Å². The van der Waals surface area contributed by atoms with Crippen LogP contribution in [0.1, 0.15) is 40.0 Å². The fourth-order valence-electron chi connectivity index (χ4n) is 2.80. The number of nitrogens with zero attached hydrogens (tertiary/aromatic N) is 1. The Morgan fingerprint density at radius 1 is 1.45 bits per heavy atom. The topological polar surface area (TPSA) is 50.8 Å². The molecule has 0 aromatic heterocycles. The Morgan fingerprint density at radius 2 is 2.05 bits per heavy atom. The summed E-state index contributed by atoms with van der Waals surface area (Å²) >= 11 is 0. The first kappa shape index (κ1) is 17.4. The van der Waals surface area contributed by atoms with Crippen LogP contribution in [0.3, 0.4) is 0 Å². The van der Waals surface area contributed by atoms with Gasteiger partial charge in [-0.25, -0.2) is 0 Å². The van der Waals surface area contributed by atoms with Gasteiger partial charge in [0.2, 0.25) is 0 Å². The largest absolute Gasteiger partial charge is 0.468 e. The number of hydrogen-bond donors (Lipinski definition) is 1. The van der Waals surface area contributed by atoms with Crippen LogP contribution in [0.2, 0.25) is 0 Å². The minimum absolute atomic E-state index is 0.188. The molecule has 0 aromatic rings. The lowest BCUT2D eigenvalue weighted by atomic mass is 9.95. The average Bonchev–Trinajstić information content (AvgIpc) is 2.44. The molecule has 118 valence electrons. The average molecular weight is 286 g/mol. The van der Waals surface area contributed by atoms with Crippen molar-refractivity contribution >= 4 is 5.97 Å². The molecule has 0 amide bonds. The van der Waals surface area contributed by atoms with Gasteiger partial charge in [-0.05, 0) is 47.1 Å². The number of rotatable bonds is 7. The second-order valence-electron chi connectivity index (χ2n) is 6.20. The smallest absolute Gasteiger partial charge is 0.325 e. The molecule has 1 rings (SSSR count). The number of carbonyl (C=O) groups is 1. The standard InChI is InChI=1S/C15H30N2O3/c1-12(2)16-15(3,14(18)19-5)8-9-17(4)13-6-10-20-11-7-13/h12-13,16H,6-11H2,1-5H3. The van der Waals surface area contributed by atoms with Crippen molar-refractivity contribution in [1.82, 2.24) is 10.2 Å². The quantitative estimate of drug-likeness (QED) is 0.717. The van der Waals surface area contributed by atoms with Crippen LogP contribution in [0.15, 0.2) is 0 Å². The highest BCUT2D eigenvalue weighted by molar-refractivity contribution is 5.80. The zero-order valence-corrected chi connectivity index (χ0v) is 13.6. The van der Waals surface area contributed by atoms with Gasteiger partial charge >= 0.3 is 5.97 Å². The van der Waals surface area contributed by atoms with Crippen LogP contribution in [0.4, 0.5) is 0 Å². The van der Waals surface area contributed by atoms with Crippen molar-refractivity contribution in [3.63, 3.8) is 0 Å². The van der Waals surface area contributed by atoms with Crippen LogP contribution in [-0.4, -0.2) is 62.4 Å². The molecule has 1 unspecified atom stereocenters. The molecule has 0 saturated carbocycles. The second kappa shape index (κ2) is 7.96. The normalized spacial score (nSPS) is 20.1. The van der Waals surface area contributed by atoms with E-state index in [-0.39, 0.29) is 12.0 Å². The molecule has 5 heteroatoms. The van der Waals surface area contributed by atoms with Crippen LogP contribution >= 0.6 is 0 Å². The van der Waals surface area contributed by atoms with Gasteiger partial charge in [-0.15, -0.1) is 0 Å². The van der Waals surface area contributed by atoms with Gasteiger partial charge in [0.05, 0.1) is 7.11 Å². The maximum atomic E-state index is 12.0. The highest BCUT2D eigenvalue weighted by Gasteiger charge is 2.35. The third-order valence-corrected chi connectivity index (χ3v) is 4.02. The van der Waals surface area contributed by atoms with Crippen molar-refractivity contribution in [2.45, 2.75) is 57.7 Å². The first-order chi connectivity index (χ1) is 9.39. The van der Waals surface area contributed by atoms with Crippen molar-refractivity contribution in [2.75, 3.05) is 33.9 Å². The highest BCUT2D eigenvalue weighted by Crippen LogP contribution is 2.18. The summed E-state index contributed by atoms with van der Waals surface area (Å²) < 4.78 is 10.3. The van der Waals surface area contributed by atoms with Gasteiger partial charge in [-0.2, -0.15) is 0 Å². The summed E-state index contributed by atoms with van der Waals surface area (Å²) in [6.07, 6.45) is 2.89. The van der Waals surface area contributed by atoms with Gasteiger partial charge in [0.25, 0.3) is 0 Å². The molecule has 1 N–H and O–H groups in total. The summed E-state index contributed by atoms with van der Waals surface area (Å²) in [7, 11) is 3.58. The number of nitrogens with one attached hydrogen (secondary N) is 1. The second-order valence-corrected chi connectivity index (χ2v) is 6.20. The van der Waals surface area contributed by atoms with Gasteiger partial charge in [0.1, 0.15) is 5.54 Å². The van der Waals surface area contributed by atoms with E-state index in [2.05, 4.69) is 17.3 Å². The monoisotopic (exact) mass is 286 g/mol. The Kier molecular flexibility index (Phi) is 6.92. The molecule has 1 saturated heterocycles. The fraction of sp³-hybridized carbons (Fsp3) is 0.933. The molecule has 1 atom stereocenters. The van der Waals surface area contributed by atoms with E-state index in [1.165, 1.54) is 7.11 Å². The Labute approximate surface area is 123 Å². The summed E-state index contributed by atoms with van der Waals surface area (Å²) in [5.41, 5.74) is -0.623. The van der Waals surface area contributed by atoms with E-state index in [1.807, 2.05) is 20.8 Å². The molecular weight excluding hydrogens is 256 g/mol. The predicted molar refractivity (Wildman–Crippen MR) is 79.8 cm³/mol. The maximum Gasteiger partial charge on any atom is 0.325 e. The third kappa shape index (κ3) is 5.04. The minimum Gasteiger partial charge on any atom is -0.468 e. The summed E-state index contributed by atoms with van der Waals surface area (Å²) in [4.78, 5) is 14.4. The molecule has 20 heavy (non-hydrogen) atoms. The number of methoxy groups -OCH3 is 1. The molecule has 1 aliphatic rings. The summed E-state index contributed by atoms with van der Waals surface area (Å²) in [5.74, 6) is -0.188. The van der Waals surface area contributed by atoms with Crippen molar-refractivity contribution in [3.05, 3.63) is 0 Å². The third-order valence-electron chi connectivity index (χ3n) is 4.02. The first-order valence-corrected chi connectivity index (χ1v) is 7.53. The number of ether oxygens (including phenoxy) is 2. The number of esters is 1.